The summed E-state index contributed by atoms with van der Waals surface area (Å²) in [5, 5.41) is 7.64. The number of hydrogen-bond acceptors (Lipinski definition) is 6. The van der Waals surface area contributed by atoms with Crippen LogP contribution in [-0.2, 0) is 6.42 Å². The topological polar surface area (TPSA) is 53.1 Å². The molecule has 0 aromatic carbocycles. The number of piperazine rings is 1. The number of hydrogen-bond donors (Lipinski definition) is 2. The number of aryl methyl sites for hydroxylation is 1. The van der Waals surface area contributed by atoms with Gasteiger partial charge in [-0.1, -0.05) is 6.92 Å². The largest absolute Gasteiger partial charge is 0.357 e. The van der Waals surface area contributed by atoms with Gasteiger partial charge in [0.2, 0.25) is 5.95 Å². The van der Waals surface area contributed by atoms with Crippen LogP contribution in [0.2, 0.25) is 0 Å². The van der Waals surface area contributed by atoms with Crippen LogP contribution in [0.3, 0.4) is 0 Å². The quantitative estimate of drug-likeness (QED) is 0.894. The Hall–Kier alpha value is -1.40. The summed E-state index contributed by atoms with van der Waals surface area (Å²) in [6.07, 6.45) is 1.05. The molecule has 0 radical (unpaired) electrons. The van der Waals surface area contributed by atoms with Crippen molar-refractivity contribution in [2.45, 2.75) is 13.3 Å². The second kappa shape index (κ2) is 5.30. The van der Waals surface area contributed by atoms with Crippen LogP contribution in [0.15, 0.2) is 6.07 Å². The molecule has 0 unspecified atom stereocenters. The molecule has 2 aromatic heterocycles. The number of rotatable bonds is 3. The molecular weight excluding hydrogens is 258 g/mol. The molecule has 0 saturated carbocycles. The van der Waals surface area contributed by atoms with Gasteiger partial charge < -0.3 is 15.5 Å². The van der Waals surface area contributed by atoms with Crippen molar-refractivity contribution in [3.63, 3.8) is 0 Å². The molecule has 1 fully saturated rings. The lowest BCUT2D eigenvalue weighted by molar-refractivity contribution is 0.586. The van der Waals surface area contributed by atoms with Crippen LogP contribution in [0.5, 0.6) is 0 Å². The number of fused-ring (bicyclic) bond motifs is 1. The first-order valence-electron chi connectivity index (χ1n) is 6.75. The van der Waals surface area contributed by atoms with Crippen molar-refractivity contribution in [1.29, 1.82) is 0 Å². The van der Waals surface area contributed by atoms with E-state index in [9.17, 15) is 0 Å². The number of thiophene rings is 1. The van der Waals surface area contributed by atoms with Gasteiger partial charge in [-0.05, 0) is 12.5 Å². The van der Waals surface area contributed by atoms with E-state index in [1.165, 1.54) is 10.3 Å². The summed E-state index contributed by atoms with van der Waals surface area (Å²) in [6, 6.07) is 2.25. The summed E-state index contributed by atoms with van der Waals surface area (Å²) >= 11 is 1.77. The molecule has 3 rings (SSSR count). The third-order valence-electron chi connectivity index (χ3n) is 3.41. The van der Waals surface area contributed by atoms with E-state index in [1.807, 2.05) is 7.05 Å². The fraction of sp³-hybridized carbons (Fsp3) is 0.538. The summed E-state index contributed by atoms with van der Waals surface area (Å²) in [4.78, 5) is 14.1. The van der Waals surface area contributed by atoms with Gasteiger partial charge in [0.1, 0.15) is 10.6 Å². The Morgan fingerprint density at radius 2 is 2.16 bits per heavy atom. The van der Waals surface area contributed by atoms with Crippen LogP contribution in [0, 0.1) is 0 Å². The molecule has 2 N–H and O–H groups in total. The molecule has 0 atom stereocenters. The van der Waals surface area contributed by atoms with E-state index in [4.69, 9.17) is 0 Å². The van der Waals surface area contributed by atoms with Crippen molar-refractivity contribution in [1.82, 2.24) is 15.3 Å². The maximum atomic E-state index is 4.67. The smallest absolute Gasteiger partial charge is 0.225 e. The van der Waals surface area contributed by atoms with Crippen molar-refractivity contribution in [3.05, 3.63) is 10.9 Å². The first-order chi connectivity index (χ1) is 9.31. The second-order valence-corrected chi connectivity index (χ2v) is 5.76. The highest BCUT2D eigenvalue weighted by molar-refractivity contribution is 7.18. The molecule has 6 heteroatoms. The molecule has 0 spiro atoms. The summed E-state index contributed by atoms with van der Waals surface area (Å²) in [5.41, 5.74) is 0. The fourth-order valence-corrected chi connectivity index (χ4v) is 3.32. The van der Waals surface area contributed by atoms with E-state index in [2.05, 4.69) is 38.5 Å². The zero-order valence-corrected chi connectivity index (χ0v) is 12.2. The number of anilines is 2. The maximum absolute atomic E-state index is 4.67. The molecule has 102 valence electrons. The Bertz CT molecular complexity index is 574. The molecule has 3 heterocycles. The van der Waals surface area contributed by atoms with E-state index in [0.29, 0.717) is 5.95 Å². The SMILES string of the molecule is CCc1cc2c(N3CCNCC3)nc(NC)nc2s1. The molecule has 1 aliphatic rings. The van der Waals surface area contributed by atoms with E-state index in [-0.39, 0.29) is 0 Å². The van der Waals surface area contributed by atoms with Crippen molar-refractivity contribution >= 4 is 33.3 Å². The average Bonchev–Trinajstić information content (AvgIpc) is 2.90. The van der Waals surface area contributed by atoms with Gasteiger partial charge in [0.15, 0.2) is 0 Å². The summed E-state index contributed by atoms with van der Waals surface area (Å²) in [5.74, 6) is 1.79. The lowest BCUT2D eigenvalue weighted by atomic mass is 10.2. The first kappa shape index (κ1) is 12.6. The molecule has 0 aliphatic carbocycles. The Kier molecular flexibility index (Phi) is 3.52. The average molecular weight is 277 g/mol. The molecule has 1 saturated heterocycles. The van der Waals surface area contributed by atoms with Gasteiger partial charge in [-0.2, -0.15) is 4.98 Å². The van der Waals surface area contributed by atoms with Crippen LogP contribution in [0.1, 0.15) is 11.8 Å². The maximum Gasteiger partial charge on any atom is 0.225 e. The van der Waals surface area contributed by atoms with E-state index < -0.39 is 0 Å². The summed E-state index contributed by atoms with van der Waals surface area (Å²) in [6.45, 7) is 6.23. The van der Waals surface area contributed by atoms with E-state index >= 15 is 0 Å². The number of nitrogens with one attached hydrogen (secondary N) is 2. The van der Waals surface area contributed by atoms with Gasteiger partial charge in [0, 0.05) is 38.1 Å². The predicted octanol–water partition coefficient (Wildman–Crippen LogP) is 1.70. The zero-order valence-electron chi connectivity index (χ0n) is 11.4. The van der Waals surface area contributed by atoms with Crippen LogP contribution in [0.4, 0.5) is 11.8 Å². The molecule has 19 heavy (non-hydrogen) atoms. The minimum atomic E-state index is 0.713. The van der Waals surface area contributed by atoms with Crippen molar-refractivity contribution in [2.24, 2.45) is 0 Å². The monoisotopic (exact) mass is 277 g/mol. The predicted molar refractivity (Wildman–Crippen MR) is 81.4 cm³/mol. The Balaban J connectivity index is 2.11. The lowest BCUT2D eigenvalue weighted by Crippen LogP contribution is -2.44. The van der Waals surface area contributed by atoms with E-state index in [0.717, 1.165) is 43.2 Å². The fourth-order valence-electron chi connectivity index (χ4n) is 2.36. The van der Waals surface area contributed by atoms with Crippen LogP contribution in [0.25, 0.3) is 10.2 Å². The Labute approximate surface area is 117 Å². The summed E-state index contributed by atoms with van der Waals surface area (Å²) in [7, 11) is 1.87. The third kappa shape index (κ3) is 2.37. The molecule has 0 amide bonds. The van der Waals surface area contributed by atoms with E-state index in [1.54, 1.807) is 11.3 Å². The van der Waals surface area contributed by atoms with Gasteiger partial charge in [-0.3, -0.25) is 0 Å². The second-order valence-electron chi connectivity index (χ2n) is 4.64. The highest BCUT2D eigenvalue weighted by atomic mass is 32.1. The van der Waals surface area contributed by atoms with Gasteiger partial charge in [0.25, 0.3) is 0 Å². The van der Waals surface area contributed by atoms with Gasteiger partial charge in [0.05, 0.1) is 5.39 Å². The van der Waals surface area contributed by atoms with Gasteiger partial charge >= 0.3 is 0 Å². The zero-order chi connectivity index (χ0) is 13.2. The molecule has 0 bridgehead atoms. The molecule has 2 aromatic rings. The van der Waals surface area contributed by atoms with Gasteiger partial charge in [-0.25, -0.2) is 4.98 Å². The van der Waals surface area contributed by atoms with Crippen molar-refractivity contribution < 1.29 is 0 Å². The molecule has 1 aliphatic heterocycles. The van der Waals surface area contributed by atoms with Crippen molar-refractivity contribution in [2.75, 3.05) is 43.4 Å². The Morgan fingerprint density at radius 1 is 1.37 bits per heavy atom. The minimum absolute atomic E-state index is 0.713. The first-order valence-corrected chi connectivity index (χ1v) is 7.57. The third-order valence-corrected chi connectivity index (χ3v) is 4.59. The normalized spacial score (nSPS) is 16.0. The summed E-state index contributed by atoms with van der Waals surface area (Å²) < 4.78 is 0. The highest BCUT2D eigenvalue weighted by Gasteiger charge is 2.18. The minimum Gasteiger partial charge on any atom is -0.357 e. The van der Waals surface area contributed by atoms with Crippen LogP contribution < -0.4 is 15.5 Å². The highest BCUT2D eigenvalue weighted by Crippen LogP contribution is 2.32. The molecular formula is C13H19N5S. The number of nitrogens with zero attached hydrogens (tertiary/aromatic N) is 3. The van der Waals surface area contributed by atoms with Gasteiger partial charge in [-0.15, -0.1) is 11.3 Å². The Morgan fingerprint density at radius 3 is 2.84 bits per heavy atom. The standard InChI is InChI=1S/C13H19N5S/c1-3-9-8-10-11(18-6-4-15-5-7-18)16-13(14-2)17-12(10)19-9/h8,15H,3-7H2,1-2H3,(H,14,16,17). The van der Waals surface area contributed by atoms with Crippen molar-refractivity contribution in [3.8, 4) is 0 Å². The number of aromatic nitrogens is 2. The van der Waals surface area contributed by atoms with Crippen LogP contribution in [-0.4, -0.2) is 43.2 Å². The lowest BCUT2D eigenvalue weighted by Gasteiger charge is -2.29. The molecule has 5 nitrogen and oxygen atoms in total. The van der Waals surface area contributed by atoms with Crippen LogP contribution >= 0.6 is 11.3 Å².